The Kier molecular flexibility index (Phi) is 4.68. The van der Waals surface area contributed by atoms with Gasteiger partial charge in [-0.05, 0) is 21.8 Å². The first-order valence-electron chi connectivity index (χ1n) is 4.84. The molecule has 0 bridgehead atoms. The highest BCUT2D eigenvalue weighted by Crippen LogP contribution is 2.24. The highest BCUT2D eigenvalue weighted by molar-refractivity contribution is 9.10. The lowest BCUT2D eigenvalue weighted by Gasteiger charge is -2.13. The Hall–Kier alpha value is -0.680. The Bertz CT molecular complexity index is 398. The molecule has 6 heteroatoms. The van der Waals surface area contributed by atoms with Crippen molar-refractivity contribution in [2.75, 3.05) is 0 Å². The van der Waals surface area contributed by atoms with Crippen LogP contribution < -0.4 is 0 Å². The SMILES string of the molecule is CC(C)C(Cl)Cc1ncc([N+](=O)[O-])cc1Br. The van der Waals surface area contributed by atoms with Crippen LogP contribution in [0.1, 0.15) is 19.5 Å². The van der Waals surface area contributed by atoms with Crippen LogP contribution in [0.5, 0.6) is 0 Å². The first kappa shape index (κ1) is 13.4. The molecule has 0 N–H and O–H groups in total. The molecule has 0 saturated heterocycles. The standard InChI is InChI=1S/C10H12BrClN2O2/c1-6(2)9(12)4-10-8(11)3-7(5-13-10)14(15)16/h3,5-6,9H,4H2,1-2H3. The third-order valence-corrected chi connectivity index (χ3v) is 3.57. The van der Waals surface area contributed by atoms with Gasteiger partial charge < -0.3 is 0 Å². The van der Waals surface area contributed by atoms with Crippen molar-refractivity contribution in [3.63, 3.8) is 0 Å². The molecule has 1 unspecified atom stereocenters. The van der Waals surface area contributed by atoms with Crippen LogP contribution in [0.3, 0.4) is 0 Å². The largest absolute Gasteiger partial charge is 0.288 e. The van der Waals surface area contributed by atoms with Gasteiger partial charge in [0.2, 0.25) is 0 Å². The molecule has 0 aromatic carbocycles. The Labute approximate surface area is 107 Å². The summed E-state index contributed by atoms with van der Waals surface area (Å²) in [6.07, 6.45) is 1.85. The van der Waals surface area contributed by atoms with Crippen LogP contribution >= 0.6 is 27.5 Å². The molecule has 16 heavy (non-hydrogen) atoms. The molecule has 1 aromatic heterocycles. The zero-order valence-corrected chi connectivity index (χ0v) is 11.3. The molecular formula is C10H12BrClN2O2. The summed E-state index contributed by atoms with van der Waals surface area (Å²) in [5.41, 5.74) is 0.727. The molecule has 1 aromatic rings. The van der Waals surface area contributed by atoms with Crippen LogP contribution in [-0.2, 0) is 6.42 Å². The molecule has 1 atom stereocenters. The Morgan fingerprint density at radius 3 is 2.69 bits per heavy atom. The predicted molar refractivity (Wildman–Crippen MR) is 66.8 cm³/mol. The second-order valence-electron chi connectivity index (χ2n) is 3.84. The van der Waals surface area contributed by atoms with E-state index in [2.05, 4.69) is 20.9 Å². The van der Waals surface area contributed by atoms with Crippen molar-refractivity contribution in [2.45, 2.75) is 25.6 Å². The second kappa shape index (κ2) is 5.59. The fourth-order valence-electron chi connectivity index (χ4n) is 1.13. The third kappa shape index (κ3) is 3.42. The van der Waals surface area contributed by atoms with Crippen LogP contribution in [-0.4, -0.2) is 15.3 Å². The van der Waals surface area contributed by atoms with Gasteiger partial charge in [-0.3, -0.25) is 15.1 Å². The fraction of sp³-hybridized carbons (Fsp3) is 0.500. The van der Waals surface area contributed by atoms with E-state index in [-0.39, 0.29) is 11.1 Å². The van der Waals surface area contributed by atoms with E-state index >= 15 is 0 Å². The van der Waals surface area contributed by atoms with E-state index in [1.807, 2.05) is 13.8 Å². The first-order chi connectivity index (χ1) is 7.41. The fourth-order valence-corrected chi connectivity index (χ4v) is 1.77. The lowest BCUT2D eigenvalue weighted by Crippen LogP contribution is -2.12. The van der Waals surface area contributed by atoms with Crippen LogP contribution in [0.25, 0.3) is 0 Å². The summed E-state index contributed by atoms with van der Waals surface area (Å²) in [7, 11) is 0. The van der Waals surface area contributed by atoms with E-state index in [1.165, 1.54) is 12.3 Å². The van der Waals surface area contributed by atoms with E-state index in [0.29, 0.717) is 16.8 Å². The van der Waals surface area contributed by atoms with Gasteiger partial charge in [0.15, 0.2) is 0 Å². The average molecular weight is 308 g/mol. The second-order valence-corrected chi connectivity index (χ2v) is 5.26. The molecule has 0 spiro atoms. The minimum absolute atomic E-state index is 0.0219. The Morgan fingerprint density at radius 2 is 2.25 bits per heavy atom. The maximum absolute atomic E-state index is 10.5. The minimum atomic E-state index is -0.470. The van der Waals surface area contributed by atoms with E-state index in [0.717, 1.165) is 5.69 Å². The van der Waals surface area contributed by atoms with Crippen molar-refractivity contribution < 1.29 is 4.92 Å². The van der Waals surface area contributed by atoms with Gasteiger partial charge in [0, 0.05) is 22.3 Å². The van der Waals surface area contributed by atoms with Gasteiger partial charge in [-0.15, -0.1) is 11.6 Å². The number of halogens is 2. The maximum atomic E-state index is 10.5. The van der Waals surface area contributed by atoms with Crippen LogP contribution in [0, 0.1) is 16.0 Å². The molecule has 0 aliphatic heterocycles. The first-order valence-corrected chi connectivity index (χ1v) is 6.07. The zero-order chi connectivity index (χ0) is 12.3. The predicted octanol–water partition coefficient (Wildman–Crippen LogP) is 3.56. The molecule has 4 nitrogen and oxygen atoms in total. The zero-order valence-electron chi connectivity index (χ0n) is 8.98. The van der Waals surface area contributed by atoms with Crippen molar-refractivity contribution in [3.05, 3.63) is 32.5 Å². The molecule has 0 amide bonds. The molecule has 1 heterocycles. The van der Waals surface area contributed by atoms with Gasteiger partial charge in [0.1, 0.15) is 6.20 Å². The van der Waals surface area contributed by atoms with E-state index in [4.69, 9.17) is 11.6 Å². The number of rotatable bonds is 4. The molecule has 88 valence electrons. The lowest BCUT2D eigenvalue weighted by molar-refractivity contribution is -0.385. The summed E-state index contributed by atoms with van der Waals surface area (Å²) in [4.78, 5) is 14.1. The maximum Gasteiger partial charge on any atom is 0.288 e. The van der Waals surface area contributed by atoms with Crippen molar-refractivity contribution >= 4 is 33.2 Å². The number of nitrogens with zero attached hydrogens (tertiary/aromatic N) is 2. The normalized spacial score (nSPS) is 12.8. The van der Waals surface area contributed by atoms with Crippen molar-refractivity contribution in [2.24, 2.45) is 5.92 Å². The smallest absolute Gasteiger partial charge is 0.258 e. The van der Waals surface area contributed by atoms with Gasteiger partial charge in [-0.25, -0.2) is 0 Å². The van der Waals surface area contributed by atoms with Gasteiger partial charge in [-0.2, -0.15) is 0 Å². The Balaban J connectivity index is 2.87. The van der Waals surface area contributed by atoms with E-state index in [9.17, 15) is 10.1 Å². The van der Waals surface area contributed by atoms with Crippen LogP contribution in [0.2, 0.25) is 0 Å². The van der Waals surface area contributed by atoms with Crippen molar-refractivity contribution in [1.29, 1.82) is 0 Å². The van der Waals surface area contributed by atoms with E-state index < -0.39 is 4.92 Å². The number of hydrogen-bond donors (Lipinski definition) is 0. The molecule has 0 radical (unpaired) electrons. The Morgan fingerprint density at radius 1 is 1.62 bits per heavy atom. The topological polar surface area (TPSA) is 56.0 Å². The minimum Gasteiger partial charge on any atom is -0.258 e. The summed E-state index contributed by atoms with van der Waals surface area (Å²) < 4.78 is 0.632. The average Bonchev–Trinajstić information content (AvgIpc) is 2.20. The summed E-state index contributed by atoms with van der Waals surface area (Å²) in [6, 6.07) is 1.45. The lowest BCUT2D eigenvalue weighted by atomic mass is 10.1. The molecular weight excluding hydrogens is 295 g/mol. The highest BCUT2D eigenvalue weighted by atomic mass is 79.9. The molecule has 0 aliphatic rings. The van der Waals surface area contributed by atoms with Gasteiger partial charge >= 0.3 is 0 Å². The molecule has 0 aliphatic carbocycles. The number of alkyl halides is 1. The summed E-state index contributed by atoms with van der Waals surface area (Å²) in [5.74, 6) is 0.338. The number of pyridine rings is 1. The van der Waals surface area contributed by atoms with Crippen molar-refractivity contribution in [3.8, 4) is 0 Å². The van der Waals surface area contributed by atoms with Gasteiger partial charge in [-0.1, -0.05) is 13.8 Å². The molecule has 0 fully saturated rings. The summed E-state index contributed by atoms with van der Waals surface area (Å²) in [5, 5.41) is 10.5. The number of hydrogen-bond acceptors (Lipinski definition) is 3. The van der Waals surface area contributed by atoms with Crippen LogP contribution in [0.15, 0.2) is 16.7 Å². The van der Waals surface area contributed by atoms with E-state index in [1.54, 1.807) is 0 Å². The third-order valence-electron chi connectivity index (χ3n) is 2.23. The number of aromatic nitrogens is 1. The van der Waals surface area contributed by atoms with Crippen LogP contribution in [0.4, 0.5) is 5.69 Å². The van der Waals surface area contributed by atoms with Crippen molar-refractivity contribution in [1.82, 2.24) is 4.98 Å². The monoisotopic (exact) mass is 306 g/mol. The quantitative estimate of drug-likeness (QED) is 0.485. The number of nitro groups is 1. The molecule has 1 rings (SSSR count). The summed E-state index contributed by atoms with van der Waals surface area (Å²) in [6.45, 7) is 4.05. The van der Waals surface area contributed by atoms with Gasteiger partial charge in [0.05, 0.1) is 10.6 Å². The molecule has 0 saturated carbocycles. The highest BCUT2D eigenvalue weighted by Gasteiger charge is 2.16. The van der Waals surface area contributed by atoms with Gasteiger partial charge in [0.25, 0.3) is 5.69 Å². The summed E-state index contributed by atoms with van der Waals surface area (Å²) >= 11 is 9.40.